The Morgan fingerprint density at radius 3 is 2.39 bits per heavy atom. The predicted octanol–water partition coefficient (Wildman–Crippen LogP) is 5.62. The highest BCUT2D eigenvalue weighted by Crippen LogP contribution is 2.24. The predicted molar refractivity (Wildman–Crippen MR) is 135 cm³/mol. The molecule has 0 spiro atoms. The lowest BCUT2D eigenvalue weighted by Crippen LogP contribution is -2.27. The minimum absolute atomic E-state index is 0.0719. The Hall–Kier alpha value is -2.80. The Morgan fingerprint density at radius 1 is 0.939 bits per heavy atom. The van der Waals surface area contributed by atoms with Gasteiger partial charge in [0.05, 0.1) is 5.75 Å². The highest BCUT2D eigenvalue weighted by molar-refractivity contribution is 7.99. The van der Waals surface area contributed by atoms with E-state index in [9.17, 15) is 4.79 Å². The van der Waals surface area contributed by atoms with Gasteiger partial charge in [-0.15, -0.1) is 10.2 Å². The molecule has 4 rings (SSSR count). The monoisotopic (exact) mass is 496 g/mol. The topological polar surface area (TPSA) is 59.8 Å². The van der Waals surface area contributed by atoms with Crippen LogP contribution in [0.25, 0.3) is 5.69 Å². The molecule has 0 bridgehead atoms. The van der Waals surface area contributed by atoms with Crippen molar-refractivity contribution in [2.45, 2.75) is 18.0 Å². The van der Waals surface area contributed by atoms with E-state index in [1.807, 2.05) is 59.2 Å². The summed E-state index contributed by atoms with van der Waals surface area (Å²) in [4.78, 5) is 12.4. The molecule has 0 fully saturated rings. The summed E-state index contributed by atoms with van der Waals surface area (Å²) in [7, 11) is 0. The van der Waals surface area contributed by atoms with Crippen molar-refractivity contribution in [2.24, 2.45) is 0 Å². The summed E-state index contributed by atoms with van der Waals surface area (Å²) in [5, 5.41) is 13.6. The normalized spacial score (nSPS) is 10.8. The minimum Gasteiger partial charge on any atom is -0.355 e. The molecule has 3 aromatic carbocycles. The fourth-order valence-corrected chi connectivity index (χ4v) is 4.67. The number of carbonyl (C=O) groups excluding carboxylic acids is 1. The van der Waals surface area contributed by atoms with E-state index in [-0.39, 0.29) is 11.7 Å². The maximum Gasteiger partial charge on any atom is 0.230 e. The molecule has 168 valence electrons. The van der Waals surface area contributed by atoms with E-state index in [0.717, 1.165) is 22.6 Å². The van der Waals surface area contributed by atoms with Crippen LogP contribution in [0.15, 0.2) is 84.0 Å². The van der Waals surface area contributed by atoms with Gasteiger partial charge in [0.1, 0.15) is 5.82 Å². The number of thioether (sulfide) groups is 1. The van der Waals surface area contributed by atoms with Gasteiger partial charge in [-0.3, -0.25) is 9.36 Å². The van der Waals surface area contributed by atoms with Crippen LogP contribution in [0.5, 0.6) is 0 Å². The maximum absolute atomic E-state index is 12.4. The second-order valence-corrected chi connectivity index (χ2v) is 9.14. The first-order valence-electron chi connectivity index (χ1n) is 10.5. The Balaban J connectivity index is 1.40. The zero-order valence-corrected chi connectivity index (χ0v) is 20.1. The van der Waals surface area contributed by atoms with E-state index in [2.05, 4.69) is 27.6 Å². The van der Waals surface area contributed by atoms with Gasteiger partial charge in [0.25, 0.3) is 0 Å². The minimum atomic E-state index is -0.0719. The summed E-state index contributed by atoms with van der Waals surface area (Å²) in [6.45, 7) is 0.491. The molecule has 0 aliphatic carbocycles. The molecule has 0 aliphatic rings. The fraction of sp³-hybridized carbons (Fsp3) is 0.160. The number of nitrogens with zero attached hydrogens (tertiary/aromatic N) is 3. The van der Waals surface area contributed by atoms with Crippen LogP contribution < -0.4 is 5.32 Å². The molecule has 1 heterocycles. The van der Waals surface area contributed by atoms with Crippen LogP contribution in [0.4, 0.5) is 0 Å². The van der Waals surface area contributed by atoms with Crippen LogP contribution in [-0.2, 0) is 17.6 Å². The summed E-state index contributed by atoms with van der Waals surface area (Å²) in [6, 6.07) is 25.5. The molecule has 8 heteroatoms. The molecule has 0 aliphatic heterocycles. The average molecular weight is 497 g/mol. The Bertz CT molecular complexity index is 1220. The Kier molecular flexibility index (Phi) is 8.05. The fourth-order valence-electron chi connectivity index (χ4n) is 3.37. The third-order valence-electron chi connectivity index (χ3n) is 4.98. The van der Waals surface area contributed by atoms with Crippen molar-refractivity contribution < 1.29 is 4.79 Å². The third-order valence-corrected chi connectivity index (χ3v) is 6.50. The average Bonchev–Trinajstić information content (AvgIpc) is 3.22. The first-order chi connectivity index (χ1) is 16.1. The van der Waals surface area contributed by atoms with Gasteiger partial charge in [-0.05, 0) is 41.8 Å². The van der Waals surface area contributed by atoms with E-state index in [1.54, 1.807) is 12.1 Å². The molecule has 1 amide bonds. The quantitative estimate of drug-likeness (QED) is 0.305. The first kappa shape index (κ1) is 23.4. The number of amides is 1. The molecule has 0 unspecified atom stereocenters. The molecule has 0 radical (unpaired) electrons. The number of benzene rings is 3. The maximum atomic E-state index is 12.4. The van der Waals surface area contributed by atoms with Gasteiger partial charge in [0.2, 0.25) is 5.91 Å². The summed E-state index contributed by atoms with van der Waals surface area (Å²) in [5.41, 5.74) is 3.06. The van der Waals surface area contributed by atoms with Crippen LogP contribution in [0.3, 0.4) is 0 Å². The van der Waals surface area contributed by atoms with Gasteiger partial charge >= 0.3 is 0 Å². The summed E-state index contributed by atoms with van der Waals surface area (Å²) < 4.78 is 2.01. The highest BCUT2D eigenvalue weighted by atomic mass is 35.5. The molecular formula is C25H22Cl2N4OS. The van der Waals surface area contributed by atoms with Crippen molar-refractivity contribution >= 4 is 40.9 Å². The molecule has 33 heavy (non-hydrogen) atoms. The van der Waals surface area contributed by atoms with Gasteiger partial charge in [0.15, 0.2) is 5.16 Å². The number of nitrogens with one attached hydrogen (secondary N) is 1. The third kappa shape index (κ3) is 6.38. The highest BCUT2D eigenvalue weighted by Gasteiger charge is 2.16. The van der Waals surface area contributed by atoms with Crippen molar-refractivity contribution in [3.63, 3.8) is 0 Å². The van der Waals surface area contributed by atoms with E-state index >= 15 is 0 Å². The van der Waals surface area contributed by atoms with Crippen molar-refractivity contribution in [2.75, 3.05) is 12.3 Å². The second kappa shape index (κ2) is 11.4. The lowest BCUT2D eigenvalue weighted by Gasteiger charge is -2.11. The van der Waals surface area contributed by atoms with E-state index in [0.29, 0.717) is 34.6 Å². The van der Waals surface area contributed by atoms with Crippen molar-refractivity contribution in [1.29, 1.82) is 0 Å². The molecular weight excluding hydrogens is 475 g/mol. The van der Waals surface area contributed by atoms with E-state index < -0.39 is 0 Å². The van der Waals surface area contributed by atoms with Gasteiger partial charge < -0.3 is 5.32 Å². The molecule has 0 saturated carbocycles. The summed E-state index contributed by atoms with van der Waals surface area (Å²) in [5.74, 6) is 0.995. The largest absolute Gasteiger partial charge is 0.355 e. The van der Waals surface area contributed by atoms with Crippen LogP contribution in [-0.4, -0.2) is 33.0 Å². The number of aromatic nitrogens is 3. The SMILES string of the molecule is O=C(CSc1nnc(Cc2ccccc2)n1-c1ccccc1)NCCc1ccc(Cl)cc1Cl. The Morgan fingerprint density at radius 2 is 1.67 bits per heavy atom. The summed E-state index contributed by atoms with van der Waals surface area (Å²) >= 11 is 13.5. The van der Waals surface area contributed by atoms with Crippen LogP contribution in [0, 0.1) is 0 Å². The van der Waals surface area contributed by atoms with Crippen molar-refractivity contribution in [3.8, 4) is 5.69 Å². The molecule has 1 N–H and O–H groups in total. The molecule has 0 saturated heterocycles. The molecule has 0 atom stereocenters. The van der Waals surface area contributed by atoms with E-state index in [1.165, 1.54) is 11.8 Å². The molecule has 1 aromatic heterocycles. The zero-order valence-electron chi connectivity index (χ0n) is 17.7. The van der Waals surface area contributed by atoms with Crippen LogP contribution in [0.1, 0.15) is 17.0 Å². The van der Waals surface area contributed by atoms with Gasteiger partial charge in [-0.1, -0.05) is 89.6 Å². The van der Waals surface area contributed by atoms with E-state index in [4.69, 9.17) is 23.2 Å². The standard InChI is InChI=1S/C25H22Cl2N4OS/c26-20-12-11-19(22(27)16-20)13-14-28-24(32)17-33-25-30-29-23(15-18-7-3-1-4-8-18)31(25)21-9-5-2-6-10-21/h1-12,16H,13-15,17H2,(H,28,32). The number of rotatable bonds is 9. The number of hydrogen-bond acceptors (Lipinski definition) is 4. The lowest BCUT2D eigenvalue weighted by molar-refractivity contribution is -0.118. The van der Waals surface area contributed by atoms with Crippen LogP contribution >= 0.6 is 35.0 Å². The van der Waals surface area contributed by atoms with Gasteiger partial charge in [-0.2, -0.15) is 0 Å². The summed E-state index contributed by atoms with van der Waals surface area (Å²) in [6.07, 6.45) is 1.28. The number of carbonyl (C=O) groups is 1. The van der Waals surface area contributed by atoms with Gasteiger partial charge in [-0.25, -0.2) is 0 Å². The van der Waals surface area contributed by atoms with Crippen molar-refractivity contribution in [1.82, 2.24) is 20.1 Å². The Labute approximate surface area is 207 Å². The molecule has 4 aromatic rings. The number of halogens is 2. The second-order valence-electron chi connectivity index (χ2n) is 7.36. The first-order valence-corrected chi connectivity index (χ1v) is 12.2. The smallest absolute Gasteiger partial charge is 0.230 e. The number of para-hydroxylation sites is 1. The van der Waals surface area contributed by atoms with Crippen molar-refractivity contribution in [3.05, 3.63) is 106 Å². The van der Waals surface area contributed by atoms with Crippen LogP contribution in [0.2, 0.25) is 10.0 Å². The zero-order chi connectivity index (χ0) is 23.0. The lowest BCUT2D eigenvalue weighted by atomic mass is 10.1. The molecule has 5 nitrogen and oxygen atoms in total. The number of hydrogen-bond donors (Lipinski definition) is 1. The van der Waals surface area contributed by atoms with Gasteiger partial charge in [0, 0.05) is 28.7 Å².